The summed E-state index contributed by atoms with van der Waals surface area (Å²) in [6.45, 7) is 0. The van der Waals surface area contributed by atoms with Crippen molar-refractivity contribution in [2.24, 2.45) is 0 Å². The molecular weight excluding hydrogens is 271 g/mol. The van der Waals surface area contributed by atoms with Gasteiger partial charge in [0.25, 0.3) is 0 Å². The van der Waals surface area contributed by atoms with Gasteiger partial charge in [-0.2, -0.15) is 0 Å². The van der Waals surface area contributed by atoms with Crippen LogP contribution in [0.15, 0.2) is 0 Å². The van der Waals surface area contributed by atoms with Crippen molar-refractivity contribution in [2.45, 2.75) is 0 Å². The Morgan fingerprint density at radius 2 is 1.09 bits per heavy atom. The van der Waals surface area contributed by atoms with Gasteiger partial charge in [-0.15, -0.1) is 0 Å². The van der Waals surface area contributed by atoms with Gasteiger partial charge in [0.1, 0.15) is 0 Å². The predicted molar refractivity (Wildman–Crippen MR) is 45.4 cm³/mol. The third kappa shape index (κ3) is 623. The van der Waals surface area contributed by atoms with Crippen molar-refractivity contribution in [1.29, 1.82) is 0 Å². The first kappa shape index (κ1) is 22.8. The Labute approximate surface area is 126 Å². The van der Waals surface area contributed by atoms with Gasteiger partial charge in [-0.1, -0.05) is 0 Å². The summed E-state index contributed by atoms with van der Waals surface area (Å²) in [5.74, 6) is 0. The molecule has 0 aromatic heterocycles. The van der Waals surface area contributed by atoms with Crippen molar-refractivity contribution in [2.75, 3.05) is 28.2 Å². The van der Waals surface area contributed by atoms with E-state index in [-0.39, 0.29) is 74.4 Å². The van der Waals surface area contributed by atoms with E-state index in [2.05, 4.69) is 28.2 Å². The fourth-order valence-electron chi connectivity index (χ4n) is 0. The van der Waals surface area contributed by atoms with E-state index in [0.717, 1.165) is 4.48 Å². The standard InChI is InChI=1S/C4H12N.CH2O3.Cs.H2O.H/c1-5(2,3)4;2-1(3)4;;;/h1-4H3;(H2,2,3,4);;1H2;/q+1;;;;. The first-order chi connectivity index (χ1) is 3.73. The summed E-state index contributed by atoms with van der Waals surface area (Å²) in [5, 5.41) is 13.9. The number of carboxylic acid groups (broad SMARTS) is 2. The summed E-state index contributed by atoms with van der Waals surface area (Å²) in [5.41, 5.74) is 0. The topological polar surface area (TPSA) is 89.0 Å². The molecule has 0 bridgehead atoms. The van der Waals surface area contributed by atoms with Gasteiger partial charge >= 0.3 is 75.0 Å². The molecule has 0 aliphatic rings. The summed E-state index contributed by atoms with van der Waals surface area (Å²) in [6, 6.07) is 0. The minimum atomic E-state index is -1.83. The fraction of sp³-hybridized carbons (Fsp3) is 0.800. The van der Waals surface area contributed by atoms with Gasteiger partial charge in [0, 0.05) is 0 Å². The Morgan fingerprint density at radius 3 is 1.09 bits per heavy atom. The quantitative estimate of drug-likeness (QED) is 0.564. The van der Waals surface area contributed by atoms with Crippen LogP contribution in [0.3, 0.4) is 0 Å². The predicted octanol–water partition coefficient (Wildman–Crippen LogP) is -0.928. The molecule has 0 spiro atoms. The molecule has 6 heteroatoms. The number of hydrogen-bond donors (Lipinski definition) is 2. The molecule has 0 saturated heterocycles. The number of rotatable bonds is 0. The Kier molecular flexibility index (Phi) is 23.3. The Balaban J connectivity index is -0.0000000383. The van der Waals surface area contributed by atoms with Gasteiger partial charge in [-0.3, -0.25) is 0 Å². The summed E-state index contributed by atoms with van der Waals surface area (Å²) < 4.78 is 1.00. The second-order valence-corrected chi connectivity index (χ2v) is 2.97. The van der Waals surface area contributed by atoms with E-state index in [4.69, 9.17) is 15.0 Å². The number of nitrogens with zero attached hydrogens (tertiary/aromatic N) is 1. The average molecular weight is 288 g/mol. The molecule has 0 aliphatic carbocycles. The first-order valence-electron chi connectivity index (χ1n) is 2.44. The van der Waals surface area contributed by atoms with Crippen LogP contribution in [0.5, 0.6) is 0 Å². The molecule has 0 rings (SSSR count). The van der Waals surface area contributed by atoms with Gasteiger partial charge in [-0.25, -0.2) is 4.79 Å². The molecule has 4 N–H and O–H groups in total. The molecule has 0 fully saturated rings. The zero-order chi connectivity index (χ0) is 8.08. The molecule has 0 aromatic carbocycles. The van der Waals surface area contributed by atoms with Gasteiger partial charge in [-0.05, 0) is 0 Å². The van der Waals surface area contributed by atoms with E-state index >= 15 is 0 Å². The molecular formula is C5H17CsNO4+. The van der Waals surface area contributed by atoms with E-state index in [9.17, 15) is 0 Å². The maximum atomic E-state index is 8.56. The van der Waals surface area contributed by atoms with E-state index in [1.165, 1.54) is 0 Å². The van der Waals surface area contributed by atoms with Crippen molar-refractivity contribution in [3.8, 4) is 0 Å². The number of carbonyl (C=O) groups is 1. The van der Waals surface area contributed by atoms with E-state index in [1.807, 2.05) is 0 Å². The van der Waals surface area contributed by atoms with Crippen LogP contribution in [0.2, 0.25) is 0 Å². The average Bonchev–Trinajstić information content (AvgIpc) is 1.19. The van der Waals surface area contributed by atoms with Crippen LogP contribution in [-0.4, -0.2) is 123 Å². The second kappa shape index (κ2) is 11.2. The monoisotopic (exact) mass is 288 g/mol. The zero-order valence-electron chi connectivity index (χ0n) is 6.75. The van der Waals surface area contributed by atoms with E-state index < -0.39 is 6.16 Å². The fourth-order valence-corrected chi connectivity index (χ4v) is 0. The molecule has 0 saturated carbocycles. The van der Waals surface area contributed by atoms with Crippen molar-refractivity contribution < 1.29 is 25.0 Å². The molecule has 0 aliphatic heterocycles. The van der Waals surface area contributed by atoms with Crippen LogP contribution >= 0.6 is 0 Å². The molecule has 0 heterocycles. The van der Waals surface area contributed by atoms with Crippen molar-refractivity contribution in [3.63, 3.8) is 0 Å². The number of hydrogen-bond acceptors (Lipinski definition) is 1. The van der Waals surface area contributed by atoms with Crippen LogP contribution in [0.4, 0.5) is 4.79 Å². The van der Waals surface area contributed by atoms with Crippen LogP contribution in [-0.2, 0) is 0 Å². The Bertz CT molecular complexity index is 81.0. The summed E-state index contributed by atoms with van der Waals surface area (Å²) in [6.07, 6.45) is -1.83. The Morgan fingerprint density at radius 1 is 1.09 bits per heavy atom. The minimum absolute atomic E-state index is 0. The van der Waals surface area contributed by atoms with E-state index in [1.54, 1.807) is 0 Å². The van der Waals surface area contributed by atoms with Crippen LogP contribution in [0.1, 0.15) is 0 Å². The van der Waals surface area contributed by atoms with Gasteiger partial charge in [0.05, 0.1) is 28.2 Å². The summed E-state index contributed by atoms with van der Waals surface area (Å²) >= 11 is 0. The molecule has 66 valence electrons. The van der Waals surface area contributed by atoms with Crippen molar-refractivity contribution >= 4 is 75.0 Å². The van der Waals surface area contributed by atoms with Gasteiger partial charge in [0.2, 0.25) is 0 Å². The Hall–Kier alpha value is 1.24. The molecule has 5 nitrogen and oxygen atoms in total. The van der Waals surface area contributed by atoms with Gasteiger partial charge < -0.3 is 20.2 Å². The molecule has 0 aromatic rings. The zero-order valence-corrected chi connectivity index (χ0v) is 6.75. The van der Waals surface area contributed by atoms with Crippen LogP contribution in [0, 0.1) is 0 Å². The number of quaternary nitrogens is 1. The molecule has 0 unspecified atom stereocenters. The van der Waals surface area contributed by atoms with Crippen LogP contribution < -0.4 is 0 Å². The van der Waals surface area contributed by atoms with E-state index in [0.29, 0.717) is 0 Å². The second-order valence-electron chi connectivity index (χ2n) is 2.97. The summed E-state index contributed by atoms with van der Waals surface area (Å²) in [4.78, 5) is 8.56. The SMILES string of the molecule is C[N+](C)(C)C.O.O=C(O)O.[CsH]. The maximum absolute atomic E-state index is 8.56. The molecule has 11 heavy (non-hydrogen) atoms. The molecule has 0 atom stereocenters. The van der Waals surface area contributed by atoms with Crippen LogP contribution in [0.25, 0.3) is 0 Å². The van der Waals surface area contributed by atoms with Crippen molar-refractivity contribution in [1.82, 2.24) is 0 Å². The van der Waals surface area contributed by atoms with Crippen molar-refractivity contribution in [3.05, 3.63) is 0 Å². The molecule has 0 radical (unpaired) electrons. The molecule has 0 amide bonds. The third-order valence-corrected chi connectivity index (χ3v) is 0. The van der Waals surface area contributed by atoms with Gasteiger partial charge in [0.15, 0.2) is 0 Å². The first-order valence-corrected chi connectivity index (χ1v) is 2.44. The normalized spacial score (nSPS) is 7.64. The third-order valence-electron chi connectivity index (χ3n) is 0. The summed E-state index contributed by atoms with van der Waals surface area (Å²) in [7, 11) is 8.50.